The fourth-order valence-electron chi connectivity index (χ4n) is 0.572. The van der Waals surface area contributed by atoms with Crippen LogP contribution in [0.3, 0.4) is 0 Å². The molecule has 0 fully saturated rings. The van der Waals surface area contributed by atoms with E-state index in [4.69, 9.17) is 5.11 Å². The van der Waals surface area contributed by atoms with Crippen molar-refractivity contribution in [2.45, 2.75) is 26.2 Å². The molecular weight excluding hydrogens is 148 g/mol. The summed E-state index contributed by atoms with van der Waals surface area (Å²) in [7, 11) is 0. The number of carbonyl (C=O) groups is 1. The molecule has 0 bridgehead atoms. The summed E-state index contributed by atoms with van der Waals surface area (Å²) in [6.45, 7) is 2.13. The third-order valence-corrected chi connectivity index (χ3v) is 2.30. The van der Waals surface area contributed by atoms with E-state index in [1.165, 1.54) is 6.42 Å². The summed E-state index contributed by atoms with van der Waals surface area (Å²) < 4.78 is 0. The molecule has 0 aliphatic rings. The molecule has 1 N–H and O–H groups in total. The molecule has 0 rings (SSSR count). The Morgan fingerprint density at radius 3 is 2.70 bits per heavy atom. The second-order valence-corrected chi connectivity index (χ2v) is 3.33. The summed E-state index contributed by atoms with van der Waals surface area (Å²) >= 11 is 1.83. The topological polar surface area (TPSA) is 37.3 Å². The first kappa shape index (κ1) is 9.82. The highest BCUT2D eigenvalue weighted by molar-refractivity contribution is 7.99. The van der Waals surface area contributed by atoms with Gasteiger partial charge in [0.05, 0.1) is 0 Å². The van der Waals surface area contributed by atoms with Crippen molar-refractivity contribution in [3.05, 3.63) is 0 Å². The van der Waals surface area contributed by atoms with Gasteiger partial charge in [0, 0.05) is 6.42 Å². The lowest BCUT2D eigenvalue weighted by molar-refractivity contribution is -0.137. The van der Waals surface area contributed by atoms with Crippen LogP contribution in [0.25, 0.3) is 0 Å². The monoisotopic (exact) mass is 162 g/mol. The van der Waals surface area contributed by atoms with Gasteiger partial charge in [-0.15, -0.1) is 0 Å². The van der Waals surface area contributed by atoms with E-state index in [-0.39, 0.29) is 0 Å². The molecule has 0 heterocycles. The van der Waals surface area contributed by atoms with Crippen molar-refractivity contribution in [3.8, 4) is 0 Å². The Bertz CT molecular complexity index is 93.6. The van der Waals surface area contributed by atoms with E-state index in [9.17, 15) is 4.79 Å². The molecule has 0 amide bonds. The lowest BCUT2D eigenvalue weighted by Crippen LogP contribution is -1.94. The molecule has 0 saturated heterocycles. The lowest BCUT2D eigenvalue weighted by atomic mass is 10.3. The summed E-state index contributed by atoms with van der Waals surface area (Å²) in [4.78, 5) is 10.0. The fourth-order valence-corrected chi connectivity index (χ4v) is 1.41. The largest absolute Gasteiger partial charge is 0.481 e. The molecule has 0 saturated carbocycles. The van der Waals surface area contributed by atoms with Gasteiger partial charge < -0.3 is 5.11 Å². The maximum atomic E-state index is 10.0. The molecule has 0 unspecified atom stereocenters. The standard InChI is InChI=1S/C7H14O2S/c1-2-5-10-6-3-4-7(8)9/h2-6H2,1H3,(H,8,9). The molecule has 0 spiro atoms. The molecule has 10 heavy (non-hydrogen) atoms. The van der Waals surface area contributed by atoms with Crippen molar-refractivity contribution >= 4 is 17.7 Å². The Labute approximate surface area is 66.0 Å². The van der Waals surface area contributed by atoms with E-state index in [2.05, 4.69) is 6.92 Å². The van der Waals surface area contributed by atoms with Crippen LogP contribution < -0.4 is 0 Å². The van der Waals surface area contributed by atoms with Crippen LogP contribution in [0.5, 0.6) is 0 Å². The molecule has 0 aromatic carbocycles. The van der Waals surface area contributed by atoms with Crippen molar-refractivity contribution in [2.24, 2.45) is 0 Å². The summed E-state index contributed by atoms with van der Waals surface area (Å²) in [6, 6.07) is 0. The summed E-state index contributed by atoms with van der Waals surface area (Å²) in [5.41, 5.74) is 0. The van der Waals surface area contributed by atoms with Gasteiger partial charge >= 0.3 is 5.97 Å². The van der Waals surface area contributed by atoms with E-state index in [1.807, 2.05) is 11.8 Å². The average Bonchev–Trinajstić information content (AvgIpc) is 1.87. The van der Waals surface area contributed by atoms with Gasteiger partial charge in [-0.05, 0) is 24.3 Å². The van der Waals surface area contributed by atoms with Crippen LogP contribution >= 0.6 is 11.8 Å². The molecule has 0 aliphatic carbocycles. The second-order valence-electron chi connectivity index (χ2n) is 2.11. The molecule has 0 radical (unpaired) electrons. The maximum absolute atomic E-state index is 10.0. The van der Waals surface area contributed by atoms with Crippen molar-refractivity contribution in [1.82, 2.24) is 0 Å². The lowest BCUT2D eigenvalue weighted by Gasteiger charge is -1.95. The van der Waals surface area contributed by atoms with E-state index < -0.39 is 5.97 Å². The number of hydrogen-bond acceptors (Lipinski definition) is 2. The Kier molecular flexibility index (Phi) is 6.81. The summed E-state index contributed by atoms with van der Waals surface area (Å²) in [5, 5.41) is 8.26. The number of hydrogen-bond donors (Lipinski definition) is 1. The molecule has 3 heteroatoms. The quantitative estimate of drug-likeness (QED) is 0.607. The molecule has 0 aromatic rings. The van der Waals surface area contributed by atoms with E-state index in [0.29, 0.717) is 6.42 Å². The SMILES string of the molecule is CCCSCCCC(=O)O. The Hall–Kier alpha value is -0.180. The summed E-state index contributed by atoms with van der Waals surface area (Å²) in [6.07, 6.45) is 2.30. The Balaban J connectivity index is 2.84. The van der Waals surface area contributed by atoms with Gasteiger partial charge in [-0.1, -0.05) is 6.92 Å². The molecule has 0 atom stereocenters. The minimum Gasteiger partial charge on any atom is -0.481 e. The van der Waals surface area contributed by atoms with Crippen LogP contribution in [-0.4, -0.2) is 22.6 Å². The minimum atomic E-state index is -0.683. The predicted molar refractivity (Wildman–Crippen MR) is 44.5 cm³/mol. The number of carboxylic acid groups (broad SMARTS) is 1. The first-order valence-corrected chi connectivity index (χ1v) is 4.72. The highest BCUT2D eigenvalue weighted by Gasteiger charge is 1.94. The van der Waals surface area contributed by atoms with Gasteiger partial charge in [0.2, 0.25) is 0 Å². The second kappa shape index (κ2) is 6.93. The maximum Gasteiger partial charge on any atom is 0.303 e. The first-order chi connectivity index (χ1) is 4.77. The average molecular weight is 162 g/mol. The molecular formula is C7H14O2S. The number of aliphatic carboxylic acids is 1. The van der Waals surface area contributed by atoms with E-state index >= 15 is 0 Å². The van der Waals surface area contributed by atoms with Crippen molar-refractivity contribution < 1.29 is 9.90 Å². The number of carboxylic acids is 1. The van der Waals surface area contributed by atoms with E-state index in [0.717, 1.165) is 17.9 Å². The number of rotatable bonds is 6. The zero-order valence-corrected chi connectivity index (χ0v) is 7.12. The van der Waals surface area contributed by atoms with Crippen LogP contribution in [0, 0.1) is 0 Å². The van der Waals surface area contributed by atoms with Crippen molar-refractivity contribution in [1.29, 1.82) is 0 Å². The van der Waals surface area contributed by atoms with Crippen LogP contribution in [-0.2, 0) is 4.79 Å². The van der Waals surface area contributed by atoms with Gasteiger partial charge in [0.1, 0.15) is 0 Å². The molecule has 2 nitrogen and oxygen atoms in total. The first-order valence-electron chi connectivity index (χ1n) is 3.57. The summed E-state index contributed by atoms with van der Waals surface area (Å²) in [5.74, 6) is 1.46. The zero-order chi connectivity index (χ0) is 7.82. The van der Waals surface area contributed by atoms with Crippen molar-refractivity contribution in [3.63, 3.8) is 0 Å². The fraction of sp³-hybridized carbons (Fsp3) is 0.857. The van der Waals surface area contributed by atoms with E-state index in [1.54, 1.807) is 0 Å². The van der Waals surface area contributed by atoms with Crippen LogP contribution in [0.4, 0.5) is 0 Å². The van der Waals surface area contributed by atoms with Gasteiger partial charge in [0.25, 0.3) is 0 Å². The van der Waals surface area contributed by atoms with Crippen LogP contribution in [0.15, 0.2) is 0 Å². The minimum absolute atomic E-state index is 0.316. The van der Waals surface area contributed by atoms with Crippen molar-refractivity contribution in [2.75, 3.05) is 11.5 Å². The Morgan fingerprint density at radius 1 is 1.50 bits per heavy atom. The predicted octanol–water partition coefficient (Wildman–Crippen LogP) is 1.99. The van der Waals surface area contributed by atoms with Crippen LogP contribution in [0.1, 0.15) is 26.2 Å². The third kappa shape index (κ3) is 7.82. The number of thioether (sulfide) groups is 1. The van der Waals surface area contributed by atoms with Gasteiger partial charge in [0.15, 0.2) is 0 Å². The third-order valence-electron chi connectivity index (χ3n) is 1.03. The normalized spacial score (nSPS) is 9.70. The van der Waals surface area contributed by atoms with Gasteiger partial charge in [-0.2, -0.15) is 11.8 Å². The smallest absolute Gasteiger partial charge is 0.303 e. The van der Waals surface area contributed by atoms with Gasteiger partial charge in [-0.25, -0.2) is 0 Å². The Morgan fingerprint density at radius 2 is 2.20 bits per heavy atom. The van der Waals surface area contributed by atoms with Crippen LogP contribution in [0.2, 0.25) is 0 Å². The molecule has 0 aliphatic heterocycles. The molecule has 60 valence electrons. The van der Waals surface area contributed by atoms with Gasteiger partial charge in [-0.3, -0.25) is 4.79 Å². The molecule has 0 aromatic heterocycles. The highest BCUT2D eigenvalue weighted by atomic mass is 32.2. The zero-order valence-electron chi connectivity index (χ0n) is 6.30. The highest BCUT2D eigenvalue weighted by Crippen LogP contribution is 2.05.